The van der Waals surface area contributed by atoms with Gasteiger partial charge in [0.15, 0.2) is 0 Å². The van der Waals surface area contributed by atoms with Crippen LogP contribution in [0.5, 0.6) is 0 Å². The molecule has 10 heavy (non-hydrogen) atoms. The maximum Gasteiger partial charge on any atom is 0.221 e. The SMILES string of the molecule is CC(CSCCN)C(N)=O. The molecule has 1 atom stereocenters. The van der Waals surface area contributed by atoms with Gasteiger partial charge in [-0.15, -0.1) is 0 Å². The van der Waals surface area contributed by atoms with Gasteiger partial charge < -0.3 is 11.5 Å². The summed E-state index contributed by atoms with van der Waals surface area (Å²) in [6.07, 6.45) is 0. The number of nitrogens with two attached hydrogens (primary N) is 2. The van der Waals surface area contributed by atoms with Crippen molar-refractivity contribution in [2.24, 2.45) is 17.4 Å². The third kappa shape index (κ3) is 4.64. The Bertz CT molecular complexity index is 108. The third-order valence-electron chi connectivity index (χ3n) is 1.12. The third-order valence-corrected chi connectivity index (χ3v) is 2.38. The number of carbonyl (C=O) groups is 1. The zero-order valence-electron chi connectivity index (χ0n) is 6.17. The molecule has 0 radical (unpaired) electrons. The van der Waals surface area contributed by atoms with Crippen molar-refractivity contribution in [2.75, 3.05) is 18.1 Å². The quantitative estimate of drug-likeness (QED) is 0.550. The van der Waals surface area contributed by atoms with Crippen LogP contribution in [0, 0.1) is 5.92 Å². The second-order valence-corrected chi connectivity index (χ2v) is 3.32. The summed E-state index contributed by atoms with van der Waals surface area (Å²) >= 11 is 1.66. The highest BCUT2D eigenvalue weighted by atomic mass is 32.2. The largest absolute Gasteiger partial charge is 0.369 e. The van der Waals surface area contributed by atoms with E-state index in [9.17, 15) is 4.79 Å². The summed E-state index contributed by atoms with van der Waals surface area (Å²) < 4.78 is 0. The van der Waals surface area contributed by atoms with E-state index in [1.54, 1.807) is 11.8 Å². The molecule has 0 aromatic heterocycles. The Hall–Kier alpha value is -0.220. The first-order valence-electron chi connectivity index (χ1n) is 3.25. The van der Waals surface area contributed by atoms with Crippen molar-refractivity contribution in [1.82, 2.24) is 0 Å². The van der Waals surface area contributed by atoms with Crippen LogP contribution < -0.4 is 11.5 Å². The first-order valence-corrected chi connectivity index (χ1v) is 4.41. The zero-order valence-corrected chi connectivity index (χ0v) is 6.99. The first kappa shape index (κ1) is 9.78. The highest BCUT2D eigenvalue weighted by Gasteiger charge is 2.06. The molecular weight excluding hydrogens is 148 g/mol. The van der Waals surface area contributed by atoms with E-state index in [0.717, 1.165) is 11.5 Å². The number of amides is 1. The molecule has 0 aromatic rings. The van der Waals surface area contributed by atoms with E-state index >= 15 is 0 Å². The Balaban J connectivity index is 3.21. The van der Waals surface area contributed by atoms with Crippen molar-refractivity contribution in [3.05, 3.63) is 0 Å². The van der Waals surface area contributed by atoms with E-state index in [1.807, 2.05) is 6.92 Å². The Morgan fingerprint density at radius 1 is 1.70 bits per heavy atom. The van der Waals surface area contributed by atoms with Gasteiger partial charge in [-0.2, -0.15) is 11.8 Å². The number of rotatable bonds is 5. The van der Waals surface area contributed by atoms with Crippen molar-refractivity contribution >= 4 is 17.7 Å². The molecule has 1 unspecified atom stereocenters. The van der Waals surface area contributed by atoms with Gasteiger partial charge in [0.05, 0.1) is 0 Å². The molecule has 0 heterocycles. The Labute approximate surface area is 65.5 Å². The number of thioether (sulfide) groups is 1. The van der Waals surface area contributed by atoms with Crippen LogP contribution in [0.2, 0.25) is 0 Å². The van der Waals surface area contributed by atoms with E-state index < -0.39 is 0 Å². The van der Waals surface area contributed by atoms with Crippen LogP contribution in [0.15, 0.2) is 0 Å². The van der Waals surface area contributed by atoms with Crippen molar-refractivity contribution in [3.63, 3.8) is 0 Å². The fraction of sp³-hybridized carbons (Fsp3) is 0.833. The molecule has 0 aliphatic carbocycles. The molecule has 4 heteroatoms. The molecule has 0 aliphatic heterocycles. The second kappa shape index (κ2) is 5.56. The van der Waals surface area contributed by atoms with Gasteiger partial charge in [0.25, 0.3) is 0 Å². The lowest BCUT2D eigenvalue weighted by Gasteiger charge is -2.04. The molecule has 0 rings (SSSR count). The van der Waals surface area contributed by atoms with Gasteiger partial charge in [0.2, 0.25) is 5.91 Å². The highest BCUT2D eigenvalue weighted by Crippen LogP contribution is 2.05. The van der Waals surface area contributed by atoms with Gasteiger partial charge in [0, 0.05) is 24.0 Å². The van der Waals surface area contributed by atoms with Crippen LogP contribution in [-0.4, -0.2) is 24.0 Å². The number of hydrogen-bond donors (Lipinski definition) is 2. The van der Waals surface area contributed by atoms with Crippen molar-refractivity contribution in [2.45, 2.75) is 6.92 Å². The summed E-state index contributed by atoms with van der Waals surface area (Å²) in [6.45, 7) is 2.49. The molecule has 0 fully saturated rings. The molecular formula is C6H14N2OS. The van der Waals surface area contributed by atoms with Gasteiger partial charge in [-0.1, -0.05) is 6.92 Å². The summed E-state index contributed by atoms with van der Waals surface area (Å²) in [6, 6.07) is 0. The average molecular weight is 162 g/mol. The molecule has 0 saturated heterocycles. The lowest BCUT2D eigenvalue weighted by molar-refractivity contribution is -0.120. The predicted octanol–water partition coefficient (Wildman–Crippen LogP) is -0.200. The minimum Gasteiger partial charge on any atom is -0.369 e. The Morgan fingerprint density at radius 2 is 2.30 bits per heavy atom. The van der Waals surface area contributed by atoms with Crippen LogP contribution in [0.3, 0.4) is 0 Å². The fourth-order valence-electron chi connectivity index (χ4n) is 0.426. The average Bonchev–Trinajstić information content (AvgIpc) is 1.88. The van der Waals surface area contributed by atoms with Crippen LogP contribution in [-0.2, 0) is 4.79 Å². The highest BCUT2D eigenvalue weighted by molar-refractivity contribution is 7.99. The number of hydrogen-bond acceptors (Lipinski definition) is 3. The zero-order chi connectivity index (χ0) is 7.98. The lowest BCUT2D eigenvalue weighted by Crippen LogP contribution is -2.22. The van der Waals surface area contributed by atoms with Crippen LogP contribution in [0.1, 0.15) is 6.92 Å². The van der Waals surface area contributed by atoms with Crippen molar-refractivity contribution in [3.8, 4) is 0 Å². The van der Waals surface area contributed by atoms with Crippen molar-refractivity contribution in [1.29, 1.82) is 0 Å². The van der Waals surface area contributed by atoms with Gasteiger partial charge in [-0.25, -0.2) is 0 Å². The number of carbonyl (C=O) groups excluding carboxylic acids is 1. The molecule has 0 saturated carbocycles. The smallest absolute Gasteiger partial charge is 0.221 e. The maximum absolute atomic E-state index is 10.5. The predicted molar refractivity (Wildman–Crippen MR) is 44.7 cm³/mol. The van der Waals surface area contributed by atoms with E-state index in [1.165, 1.54) is 0 Å². The van der Waals surface area contributed by atoms with Crippen LogP contribution in [0.4, 0.5) is 0 Å². The normalized spacial score (nSPS) is 13.0. The van der Waals surface area contributed by atoms with Crippen molar-refractivity contribution < 1.29 is 4.79 Å². The number of primary amides is 1. The topological polar surface area (TPSA) is 69.1 Å². The Kier molecular flexibility index (Phi) is 5.43. The summed E-state index contributed by atoms with van der Waals surface area (Å²) in [4.78, 5) is 10.5. The maximum atomic E-state index is 10.5. The second-order valence-electron chi connectivity index (χ2n) is 2.17. The van der Waals surface area contributed by atoms with E-state index in [2.05, 4.69) is 0 Å². The van der Waals surface area contributed by atoms with Gasteiger partial charge >= 0.3 is 0 Å². The lowest BCUT2D eigenvalue weighted by atomic mass is 10.2. The molecule has 3 nitrogen and oxygen atoms in total. The van der Waals surface area contributed by atoms with Crippen LogP contribution in [0.25, 0.3) is 0 Å². The molecule has 60 valence electrons. The van der Waals surface area contributed by atoms with E-state index in [-0.39, 0.29) is 11.8 Å². The van der Waals surface area contributed by atoms with Gasteiger partial charge in [-0.05, 0) is 0 Å². The van der Waals surface area contributed by atoms with E-state index in [0.29, 0.717) is 6.54 Å². The molecule has 4 N–H and O–H groups in total. The molecule has 0 bridgehead atoms. The van der Waals surface area contributed by atoms with Crippen LogP contribution >= 0.6 is 11.8 Å². The summed E-state index contributed by atoms with van der Waals surface area (Å²) in [5.74, 6) is 1.42. The van der Waals surface area contributed by atoms with Gasteiger partial charge in [-0.3, -0.25) is 4.79 Å². The standard InChI is InChI=1S/C6H14N2OS/c1-5(6(8)9)4-10-3-2-7/h5H,2-4,7H2,1H3,(H2,8,9). The first-order chi connectivity index (χ1) is 4.68. The molecule has 1 amide bonds. The summed E-state index contributed by atoms with van der Waals surface area (Å²) in [5.41, 5.74) is 10.3. The van der Waals surface area contributed by atoms with E-state index in [4.69, 9.17) is 11.5 Å². The Morgan fingerprint density at radius 3 is 2.70 bits per heavy atom. The minimum atomic E-state index is -0.232. The summed E-state index contributed by atoms with van der Waals surface area (Å²) in [5, 5.41) is 0. The summed E-state index contributed by atoms with van der Waals surface area (Å²) in [7, 11) is 0. The molecule has 0 aromatic carbocycles. The fourth-order valence-corrected chi connectivity index (χ4v) is 1.28. The monoisotopic (exact) mass is 162 g/mol. The molecule has 0 spiro atoms. The minimum absolute atomic E-state index is 0.0310. The van der Waals surface area contributed by atoms with Gasteiger partial charge in [0.1, 0.15) is 0 Å². The molecule has 0 aliphatic rings.